The van der Waals surface area contributed by atoms with E-state index in [1.807, 2.05) is 0 Å². The number of nitrogens with zero attached hydrogens (tertiary/aromatic N) is 4. The predicted molar refractivity (Wildman–Crippen MR) is 240 cm³/mol. The molecule has 0 spiro atoms. The van der Waals surface area contributed by atoms with Crippen LogP contribution in [0.2, 0.25) is 0 Å². The minimum Gasteiger partial charge on any atom is -0.309 e. The normalized spacial score (nSPS) is 11.9. The van der Waals surface area contributed by atoms with Crippen LogP contribution in [0.4, 0.5) is 0 Å². The summed E-state index contributed by atoms with van der Waals surface area (Å²) in [5.41, 5.74) is 13.3. The van der Waals surface area contributed by atoms with E-state index in [2.05, 4.69) is 203 Å². The second-order valence-corrected chi connectivity index (χ2v) is 15.6. The van der Waals surface area contributed by atoms with E-state index >= 15 is 0 Å². The van der Waals surface area contributed by atoms with Crippen molar-refractivity contribution in [2.24, 2.45) is 0 Å². The quantitative estimate of drug-likeness (QED) is 0.176. The summed E-state index contributed by atoms with van der Waals surface area (Å²) in [6.07, 6.45) is 0. The van der Waals surface area contributed by atoms with Crippen molar-refractivity contribution in [3.05, 3.63) is 194 Å². The molecular weight excluding hydrogens is 713 g/mol. The highest BCUT2D eigenvalue weighted by atomic mass is 32.1. The lowest BCUT2D eigenvalue weighted by Gasteiger charge is -2.10. The number of hydrogen-bond acceptors (Lipinski definition) is 3. The zero-order valence-corrected chi connectivity index (χ0v) is 31.5. The Balaban J connectivity index is 1.06. The van der Waals surface area contributed by atoms with Crippen molar-refractivity contribution in [1.82, 2.24) is 19.1 Å². The van der Waals surface area contributed by atoms with Gasteiger partial charge in [0.25, 0.3) is 0 Å². The number of aromatic nitrogens is 4. The lowest BCUT2D eigenvalue weighted by molar-refractivity contribution is 1.17. The van der Waals surface area contributed by atoms with E-state index in [4.69, 9.17) is 9.97 Å². The van der Waals surface area contributed by atoms with Crippen molar-refractivity contribution in [3.63, 3.8) is 0 Å². The molecule has 12 aromatic rings. The predicted octanol–water partition coefficient (Wildman–Crippen LogP) is 14.0. The van der Waals surface area contributed by atoms with Crippen molar-refractivity contribution < 1.29 is 0 Å². The molecule has 0 radical (unpaired) electrons. The number of thiophene rings is 1. The molecule has 0 atom stereocenters. The van der Waals surface area contributed by atoms with Gasteiger partial charge in [-0.1, -0.05) is 127 Å². The molecule has 8 aromatic carbocycles. The van der Waals surface area contributed by atoms with Crippen molar-refractivity contribution >= 4 is 75.3 Å². The van der Waals surface area contributed by atoms with Crippen molar-refractivity contribution in [2.45, 2.75) is 0 Å². The highest BCUT2D eigenvalue weighted by molar-refractivity contribution is 7.26. The van der Waals surface area contributed by atoms with Crippen LogP contribution in [-0.4, -0.2) is 19.1 Å². The molecule has 0 aliphatic carbocycles. The maximum atomic E-state index is 5.27. The zero-order valence-electron chi connectivity index (χ0n) is 30.7. The topological polar surface area (TPSA) is 35.6 Å². The fraction of sp³-hybridized carbons (Fsp3) is 0. The third kappa shape index (κ3) is 4.99. The molecule has 4 heterocycles. The number of para-hydroxylation sites is 3. The molecular formula is C52H32N4S. The van der Waals surface area contributed by atoms with Gasteiger partial charge in [-0.05, 0) is 77.9 Å². The Morgan fingerprint density at radius 2 is 0.912 bits per heavy atom. The molecule has 12 rings (SSSR count). The molecule has 0 aliphatic heterocycles. The Kier molecular flexibility index (Phi) is 7.06. The smallest absolute Gasteiger partial charge is 0.160 e. The third-order valence-corrected chi connectivity index (χ3v) is 12.5. The van der Waals surface area contributed by atoms with Crippen LogP contribution in [-0.2, 0) is 0 Å². The van der Waals surface area contributed by atoms with Crippen LogP contribution in [0.3, 0.4) is 0 Å². The molecule has 0 saturated carbocycles. The average Bonchev–Trinajstić information content (AvgIpc) is 3.94. The second-order valence-electron chi connectivity index (χ2n) is 14.6. The molecule has 0 amide bonds. The molecule has 4 aromatic heterocycles. The summed E-state index contributed by atoms with van der Waals surface area (Å²) in [4.78, 5) is 10.5. The van der Waals surface area contributed by atoms with Gasteiger partial charge in [-0.2, -0.15) is 0 Å². The molecule has 0 N–H and O–H groups in total. The van der Waals surface area contributed by atoms with Gasteiger partial charge in [-0.15, -0.1) is 11.3 Å². The van der Waals surface area contributed by atoms with Gasteiger partial charge in [0.05, 0.1) is 38.0 Å². The lowest BCUT2D eigenvalue weighted by Crippen LogP contribution is -1.95. The maximum Gasteiger partial charge on any atom is 0.160 e. The van der Waals surface area contributed by atoms with Gasteiger partial charge in [0.2, 0.25) is 0 Å². The number of benzene rings is 8. The van der Waals surface area contributed by atoms with E-state index in [-0.39, 0.29) is 0 Å². The van der Waals surface area contributed by atoms with E-state index in [9.17, 15) is 0 Å². The number of rotatable bonds is 5. The van der Waals surface area contributed by atoms with Crippen LogP contribution in [0.1, 0.15) is 0 Å². The summed E-state index contributed by atoms with van der Waals surface area (Å²) in [5, 5.41) is 6.08. The summed E-state index contributed by atoms with van der Waals surface area (Å²) in [6.45, 7) is 0. The van der Waals surface area contributed by atoms with Crippen molar-refractivity contribution in [3.8, 4) is 45.1 Å². The second kappa shape index (κ2) is 12.6. The maximum absolute atomic E-state index is 5.27. The summed E-state index contributed by atoms with van der Waals surface area (Å²) in [6, 6.07) is 69.6. The van der Waals surface area contributed by atoms with E-state index in [1.54, 1.807) is 11.3 Å². The highest BCUT2D eigenvalue weighted by Crippen LogP contribution is 2.41. The van der Waals surface area contributed by atoms with Gasteiger partial charge >= 0.3 is 0 Å². The molecule has 0 aliphatic rings. The Morgan fingerprint density at radius 3 is 1.68 bits per heavy atom. The Labute approximate surface area is 332 Å². The first-order valence-corrected chi connectivity index (χ1v) is 20.1. The first-order valence-electron chi connectivity index (χ1n) is 19.2. The van der Waals surface area contributed by atoms with Crippen molar-refractivity contribution in [2.75, 3.05) is 0 Å². The van der Waals surface area contributed by atoms with E-state index in [0.29, 0.717) is 0 Å². The van der Waals surface area contributed by atoms with E-state index in [1.165, 1.54) is 48.3 Å². The largest absolute Gasteiger partial charge is 0.309 e. The fourth-order valence-electron chi connectivity index (χ4n) is 8.74. The molecule has 0 fully saturated rings. The monoisotopic (exact) mass is 744 g/mol. The SMILES string of the molecule is c1ccc(-c2nc(-c3cccc(-c4ccc5c(c4)c4cc(-n6c7ccccc7c7ccccc76)ccc4n5-c4ccccc4)c3)nc3c2sc2ccccc23)cc1. The van der Waals surface area contributed by atoms with Crippen LogP contribution < -0.4 is 0 Å². The van der Waals surface area contributed by atoms with Gasteiger partial charge in [0, 0.05) is 54.1 Å². The van der Waals surface area contributed by atoms with Crippen LogP contribution in [0.25, 0.3) is 109 Å². The van der Waals surface area contributed by atoms with Crippen LogP contribution in [0.5, 0.6) is 0 Å². The first-order chi connectivity index (χ1) is 28.3. The van der Waals surface area contributed by atoms with E-state index < -0.39 is 0 Å². The van der Waals surface area contributed by atoms with Gasteiger partial charge in [0.15, 0.2) is 5.82 Å². The van der Waals surface area contributed by atoms with Gasteiger partial charge in [0.1, 0.15) is 0 Å². The summed E-state index contributed by atoms with van der Waals surface area (Å²) in [5.74, 6) is 0.726. The van der Waals surface area contributed by atoms with Crippen molar-refractivity contribution in [1.29, 1.82) is 0 Å². The Bertz CT molecular complexity index is 3470. The molecule has 266 valence electrons. The van der Waals surface area contributed by atoms with Crippen LogP contribution in [0.15, 0.2) is 194 Å². The highest BCUT2D eigenvalue weighted by Gasteiger charge is 2.19. The molecule has 4 nitrogen and oxygen atoms in total. The standard InChI is InChI=1S/C52H32N4S/c1-3-14-33(15-4-1)49-51-50(41-22-9-12-25-48(41)57-51)54-52(53-49)36-17-13-16-34(30-36)35-26-28-46-42(31-35)43-32-38(27-29-47(43)55(46)37-18-5-2-6-19-37)56-44-23-10-7-20-39(44)40-21-8-11-24-45(40)56/h1-32H. The fourth-order valence-corrected chi connectivity index (χ4v) is 9.89. The zero-order chi connectivity index (χ0) is 37.5. The Hall–Kier alpha value is -7.34. The summed E-state index contributed by atoms with van der Waals surface area (Å²) < 4.78 is 7.12. The first kappa shape index (κ1) is 32.0. The average molecular weight is 745 g/mol. The number of hydrogen-bond donors (Lipinski definition) is 0. The molecule has 0 saturated heterocycles. The van der Waals surface area contributed by atoms with E-state index in [0.717, 1.165) is 60.7 Å². The third-order valence-electron chi connectivity index (χ3n) is 11.3. The molecule has 0 bridgehead atoms. The van der Waals surface area contributed by atoms with Gasteiger partial charge in [-0.25, -0.2) is 9.97 Å². The molecule has 0 unspecified atom stereocenters. The molecule has 57 heavy (non-hydrogen) atoms. The van der Waals surface area contributed by atoms with Gasteiger partial charge < -0.3 is 9.13 Å². The Morgan fingerprint density at radius 1 is 0.351 bits per heavy atom. The molecule has 5 heteroatoms. The van der Waals surface area contributed by atoms with Crippen LogP contribution >= 0.6 is 11.3 Å². The summed E-state index contributed by atoms with van der Waals surface area (Å²) in [7, 11) is 0. The number of fused-ring (bicyclic) bond motifs is 9. The van der Waals surface area contributed by atoms with Crippen LogP contribution in [0, 0.1) is 0 Å². The van der Waals surface area contributed by atoms with Gasteiger partial charge in [-0.3, -0.25) is 0 Å². The lowest BCUT2D eigenvalue weighted by atomic mass is 10.00. The minimum atomic E-state index is 0.726. The minimum absolute atomic E-state index is 0.726. The summed E-state index contributed by atoms with van der Waals surface area (Å²) >= 11 is 1.76.